The van der Waals surface area contributed by atoms with Gasteiger partial charge in [0.15, 0.2) is 0 Å². The molecule has 3 amide bonds. The number of rotatable bonds is 9. The molecule has 0 saturated carbocycles. The molecule has 0 spiro atoms. The van der Waals surface area contributed by atoms with Crippen LogP contribution in [0.2, 0.25) is 0 Å². The highest BCUT2D eigenvalue weighted by atomic mass is 16.6. The Bertz CT molecular complexity index is 1300. The average molecular weight is 472 g/mol. The van der Waals surface area contributed by atoms with E-state index in [1.165, 1.54) is 40.3 Å². The van der Waals surface area contributed by atoms with Crippen LogP contribution < -0.4 is 5.32 Å². The summed E-state index contributed by atoms with van der Waals surface area (Å²) < 4.78 is 0. The molecule has 3 aromatic carbocycles. The first-order valence-electron chi connectivity index (χ1n) is 11.9. The summed E-state index contributed by atoms with van der Waals surface area (Å²) in [6, 6.07) is 13.3. The number of non-ortho nitro benzene ring substituents is 1. The molecule has 1 heterocycles. The minimum absolute atomic E-state index is 0.0550. The highest BCUT2D eigenvalue weighted by molar-refractivity contribution is 6.26. The summed E-state index contributed by atoms with van der Waals surface area (Å²) in [6.07, 6.45) is 5.03. The van der Waals surface area contributed by atoms with Crippen molar-refractivity contribution in [3.63, 3.8) is 0 Å². The SMILES string of the molecule is O=C(NCCCCCCN1C(=O)c2ccc3c4c(ccc(c24)C1=O)CC3)c1ccc([N+](=O)[O-])cc1. The zero-order valence-electron chi connectivity index (χ0n) is 19.2. The normalized spacial score (nSPS) is 14.0. The molecule has 0 bridgehead atoms. The van der Waals surface area contributed by atoms with E-state index in [0.717, 1.165) is 42.9 Å². The second-order valence-corrected chi connectivity index (χ2v) is 9.03. The Labute approximate surface area is 202 Å². The average Bonchev–Trinajstić information content (AvgIpc) is 3.29. The monoisotopic (exact) mass is 471 g/mol. The summed E-state index contributed by atoms with van der Waals surface area (Å²) in [5.41, 5.74) is 4.00. The van der Waals surface area contributed by atoms with E-state index < -0.39 is 4.92 Å². The van der Waals surface area contributed by atoms with Crippen LogP contribution in [0.25, 0.3) is 10.8 Å². The minimum Gasteiger partial charge on any atom is -0.352 e. The van der Waals surface area contributed by atoms with Crippen molar-refractivity contribution in [2.24, 2.45) is 0 Å². The van der Waals surface area contributed by atoms with Gasteiger partial charge in [-0.1, -0.05) is 25.0 Å². The van der Waals surface area contributed by atoms with Crippen molar-refractivity contribution in [2.45, 2.75) is 38.5 Å². The predicted molar refractivity (Wildman–Crippen MR) is 131 cm³/mol. The Morgan fingerprint density at radius 2 is 1.43 bits per heavy atom. The maximum Gasteiger partial charge on any atom is 0.269 e. The minimum atomic E-state index is -0.504. The molecule has 1 N–H and O–H groups in total. The molecular weight excluding hydrogens is 446 g/mol. The van der Waals surface area contributed by atoms with Gasteiger partial charge in [0.2, 0.25) is 0 Å². The summed E-state index contributed by atoms with van der Waals surface area (Å²) in [7, 11) is 0. The van der Waals surface area contributed by atoms with Crippen LogP contribution in [0, 0.1) is 10.1 Å². The molecule has 3 aromatic rings. The number of carbonyl (C=O) groups excluding carboxylic acids is 3. The van der Waals surface area contributed by atoms with Crippen molar-refractivity contribution in [2.75, 3.05) is 13.1 Å². The van der Waals surface area contributed by atoms with E-state index in [-0.39, 0.29) is 23.4 Å². The number of carbonyl (C=O) groups is 3. The molecule has 0 fully saturated rings. The third-order valence-corrected chi connectivity index (χ3v) is 6.88. The molecule has 0 radical (unpaired) electrons. The van der Waals surface area contributed by atoms with Crippen molar-refractivity contribution < 1.29 is 19.3 Å². The fourth-order valence-electron chi connectivity index (χ4n) is 5.06. The van der Waals surface area contributed by atoms with Gasteiger partial charge in [-0.05, 0) is 66.5 Å². The molecular formula is C27H25N3O5. The van der Waals surface area contributed by atoms with Crippen molar-refractivity contribution >= 4 is 34.2 Å². The van der Waals surface area contributed by atoms with Gasteiger partial charge in [-0.15, -0.1) is 0 Å². The maximum absolute atomic E-state index is 13.1. The van der Waals surface area contributed by atoms with Crippen LogP contribution in [0.1, 0.15) is 67.9 Å². The van der Waals surface area contributed by atoms with E-state index in [1.807, 2.05) is 24.3 Å². The molecule has 2 aliphatic rings. The van der Waals surface area contributed by atoms with Gasteiger partial charge in [0.05, 0.1) is 4.92 Å². The lowest BCUT2D eigenvalue weighted by molar-refractivity contribution is -0.384. The number of nitrogens with zero attached hydrogens (tertiary/aromatic N) is 2. The molecule has 5 rings (SSSR count). The molecule has 8 nitrogen and oxygen atoms in total. The number of nitrogens with one attached hydrogen (secondary N) is 1. The van der Waals surface area contributed by atoms with Crippen molar-refractivity contribution in [3.05, 3.63) is 86.5 Å². The molecule has 0 aromatic heterocycles. The summed E-state index contributed by atoms with van der Waals surface area (Å²) in [5, 5.41) is 15.4. The van der Waals surface area contributed by atoms with Crippen LogP contribution in [0.5, 0.6) is 0 Å². The van der Waals surface area contributed by atoms with Crippen LogP contribution >= 0.6 is 0 Å². The van der Waals surface area contributed by atoms with E-state index in [2.05, 4.69) is 5.32 Å². The van der Waals surface area contributed by atoms with Crippen molar-refractivity contribution in [1.29, 1.82) is 0 Å². The number of aryl methyl sites for hydroxylation is 2. The second-order valence-electron chi connectivity index (χ2n) is 9.03. The lowest BCUT2D eigenvalue weighted by atomic mass is 9.91. The number of imide groups is 1. The molecule has 0 saturated heterocycles. The Hall–Kier alpha value is -4.07. The van der Waals surface area contributed by atoms with Gasteiger partial charge in [0.1, 0.15) is 0 Å². The van der Waals surface area contributed by atoms with E-state index in [9.17, 15) is 24.5 Å². The highest BCUT2D eigenvalue weighted by Gasteiger charge is 2.34. The van der Waals surface area contributed by atoms with Crippen molar-refractivity contribution in [3.8, 4) is 0 Å². The van der Waals surface area contributed by atoms with E-state index in [4.69, 9.17) is 0 Å². The predicted octanol–water partition coefficient (Wildman–Crippen LogP) is 4.43. The number of hydrogen-bond donors (Lipinski definition) is 1. The molecule has 1 aliphatic heterocycles. The largest absolute Gasteiger partial charge is 0.352 e. The smallest absolute Gasteiger partial charge is 0.269 e. The summed E-state index contributed by atoms with van der Waals surface area (Å²) in [6.45, 7) is 0.856. The first-order valence-corrected chi connectivity index (χ1v) is 11.9. The van der Waals surface area contributed by atoms with Gasteiger partial charge >= 0.3 is 0 Å². The Balaban J connectivity index is 1.10. The van der Waals surface area contributed by atoms with Crippen LogP contribution in [-0.2, 0) is 12.8 Å². The number of hydrogen-bond acceptors (Lipinski definition) is 5. The Morgan fingerprint density at radius 3 is 2.03 bits per heavy atom. The second kappa shape index (κ2) is 9.29. The molecule has 35 heavy (non-hydrogen) atoms. The molecule has 8 heteroatoms. The summed E-state index contributed by atoms with van der Waals surface area (Å²) in [4.78, 5) is 49.9. The maximum atomic E-state index is 13.1. The molecule has 0 atom stereocenters. The van der Waals surface area contributed by atoms with Crippen LogP contribution in [0.4, 0.5) is 5.69 Å². The fourth-order valence-corrected chi connectivity index (χ4v) is 5.06. The van der Waals surface area contributed by atoms with E-state index in [0.29, 0.717) is 36.2 Å². The first-order chi connectivity index (χ1) is 17.0. The molecule has 178 valence electrons. The van der Waals surface area contributed by atoms with Gasteiger partial charge in [-0.25, -0.2) is 0 Å². The van der Waals surface area contributed by atoms with Gasteiger partial charge in [0, 0.05) is 47.3 Å². The zero-order valence-corrected chi connectivity index (χ0v) is 19.2. The number of nitro benzene ring substituents is 1. The zero-order chi connectivity index (χ0) is 24.5. The molecule has 0 unspecified atom stereocenters. The quantitative estimate of drug-likeness (QED) is 0.215. The Kier molecular flexibility index (Phi) is 6.03. The van der Waals surface area contributed by atoms with Crippen LogP contribution in [0.3, 0.4) is 0 Å². The van der Waals surface area contributed by atoms with Gasteiger partial charge in [-0.3, -0.25) is 29.4 Å². The van der Waals surface area contributed by atoms with E-state index in [1.54, 1.807) is 0 Å². The lowest BCUT2D eigenvalue weighted by Crippen LogP contribution is -2.41. The number of unbranched alkanes of at least 4 members (excludes halogenated alkanes) is 3. The topological polar surface area (TPSA) is 110 Å². The lowest BCUT2D eigenvalue weighted by Gasteiger charge is -2.27. The van der Waals surface area contributed by atoms with Crippen LogP contribution in [-0.4, -0.2) is 40.6 Å². The first kappa shape index (κ1) is 22.7. The number of benzene rings is 3. The van der Waals surface area contributed by atoms with E-state index >= 15 is 0 Å². The van der Waals surface area contributed by atoms with Gasteiger partial charge in [0.25, 0.3) is 23.4 Å². The van der Waals surface area contributed by atoms with Crippen molar-refractivity contribution in [1.82, 2.24) is 10.2 Å². The number of nitro groups is 1. The standard InChI is InChI=1S/C27H25N3O5/c31-25(19-7-11-20(12-8-19)30(34)35)28-15-3-1-2-4-16-29-26(32)21-13-9-17-5-6-18-10-14-22(27(29)33)24(21)23(17)18/h7-14H,1-6,15-16H2,(H,28,31). The summed E-state index contributed by atoms with van der Waals surface area (Å²) >= 11 is 0. The summed E-state index contributed by atoms with van der Waals surface area (Å²) in [5.74, 6) is -0.700. The van der Waals surface area contributed by atoms with Crippen LogP contribution in [0.15, 0.2) is 48.5 Å². The Morgan fingerprint density at radius 1 is 0.829 bits per heavy atom. The third-order valence-electron chi connectivity index (χ3n) is 6.88. The van der Waals surface area contributed by atoms with Gasteiger partial charge < -0.3 is 5.32 Å². The van der Waals surface area contributed by atoms with Gasteiger partial charge in [-0.2, -0.15) is 0 Å². The fraction of sp³-hybridized carbons (Fsp3) is 0.296. The third kappa shape index (κ3) is 4.16. The highest BCUT2D eigenvalue weighted by Crippen LogP contribution is 2.38. The molecule has 1 aliphatic carbocycles. The number of amides is 3.